The lowest BCUT2D eigenvalue weighted by Gasteiger charge is -2.27. The largest absolute Gasteiger partial charge is 0.362 e. The molecule has 3 aliphatic rings. The van der Waals surface area contributed by atoms with Crippen LogP contribution in [-0.4, -0.2) is 35.5 Å². The minimum atomic E-state index is -0.568. The fourth-order valence-electron chi connectivity index (χ4n) is 3.31. The molecule has 2 heterocycles. The number of rotatable bonds is 1. The Labute approximate surface area is 99.9 Å². The molecule has 4 atom stereocenters. The fraction of sp³-hybridized carbons (Fsp3) is 0.538. The van der Waals surface area contributed by atoms with Crippen LogP contribution in [0.25, 0.3) is 0 Å². The van der Waals surface area contributed by atoms with Crippen molar-refractivity contribution in [2.45, 2.75) is 24.5 Å². The quantitative estimate of drug-likeness (QED) is 0.499. The predicted molar refractivity (Wildman–Crippen MR) is 60.9 cm³/mol. The zero-order valence-electron chi connectivity index (χ0n) is 9.76. The Kier molecular flexibility index (Phi) is 2.08. The van der Waals surface area contributed by atoms with Crippen molar-refractivity contribution in [2.24, 2.45) is 11.8 Å². The predicted octanol–water partition coefficient (Wildman–Crippen LogP) is 0.891. The molecule has 0 bridgehead atoms. The van der Waals surface area contributed by atoms with Crippen molar-refractivity contribution in [3.63, 3.8) is 0 Å². The van der Waals surface area contributed by atoms with Gasteiger partial charge in [-0.3, -0.25) is 14.5 Å². The van der Waals surface area contributed by atoms with Crippen molar-refractivity contribution in [3.8, 4) is 0 Å². The molecule has 0 unspecified atom stereocenters. The first-order chi connectivity index (χ1) is 8.10. The Morgan fingerprint density at radius 1 is 1.53 bits per heavy atom. The molecule has 4 heteroatoms. The molecule has 4 nitrogen and oxygen atoms in total. The SMILES string of the molecule is C=C[C@H]1O[C@@]2(C=CCC2)[C@@H]2C(=O)N(C)C(=O)[C@@H]21. The molecule has 2 amide bonds. The molecular formula is C13H15NO3. The average molecular weight is 233 g/mol. The van der Waals surface area contributed by atoms with Gasteiger partial charge in [0.05, 0.1) is 23.5 Å². The summed E-state index contributed by atoms with van der Waals surface area (Å²) >= 11 is 0. The lowest BCUT2D eigenvalue weighted by Crippen LogP contribution is -2.39. The van der Waals surface area contributed by atoms with E-state index < -0.39 is 5.60 Å². The molecule has 0 aromatic rings. The van der Waals surface area contributed by atoms with Crippen LogP contribution in [0.5, 0.6) is 0 Å². The molecule has 0 N–H and O–H groups in total. The molecule has 1 aliphatic carbocycles. The van der Waals surface area contributed by atoms with Crippen LogP contribution < -0.4 is 0 Å². The van der Waals surface area contributed by atoms with Gasteiger partial charge in [-0.2, -0.15) is 0 Å². The highest BCUT2D eigenvalue weighted by Crippen LogP contribution is 2.51. The third-order valence-corrected chi connectivity index (χ3v) is 4.14. The Morgan fingerprint density at radius 3 is 2.88 bits per heavy atom. The zero-order chi connectivity index (χ0) is 12.2. The number of hydrogen-bond acceptors (Lipinski definition) is 3. The maximum Gasteiger partial charge on any atom is 0.236 e. The number of hydrogen-bond donors (Lipinski definition) is 0. The van der Waals surface area contributed by atoms with Crippen molar-refractivity contribution in [1.29, 1.82) is 0 Å². The molecular weight excluding hydrogens is 218 g/mol. The third kappa shape index (κ3) is 1.16. The van der Waals surface area contributed by atoms with E-state index in [0.717, 1.165) is 12.8 Å². The number of amides is 2. The standard InChI is InChI=1S/C13H15NO3/c1-3-8-9-10(12(16)14(2)11(9)15)13(17-8)6-4-5-7-13/h3-4,6,8-10H,1,5,7H2,2H3/t8-,9-,10+,13-/m1/s1. The van der Waals surface area contributed by atoms with Gasteiger partial charge in [0.1, 0.15) is 0 Å². The van der Waals surface area contributed by atoms with Crippen LogP contribution in [0.15, 0.2) is 24.8 Å². The maximum atomic E-state index is 12.2. The lowest BCUT2D eigenvalue weighted by molar-refractivity contribution is -0.143. The van der Waals surface area contributed by atoms with Crippen molar-refractivity contribution < 1.29 is 14.3 Å². The monoisotopic (exact) mass is 233 g/mol. The second-order valence-corrected chi connectivity index (χ2v) is 4.95. The summed E-state index contributed by atoms with van der Waals surface area (Å²) in [5.74, 6) is -0.993. The van der Waals surface area contributed by atoms with E-state index >= 15 is 0 Å². The van der Waals surface area contributed by atoms with E-state index in [4.69, 9.17) is 4.74 Å². The van der Waals surface area contributed by atoms with Crippen LogP contribution in [0.3, 0.4) is 0 Å². The number of likely N-dealkylation sites (tertiary alicyclic amines) is 1. The number of imide groups is 1. The number of nitrogens with zero attached hydrogens (tertiary/aromatic N) is 1. The molecule has 90 valence electrons. The van der Waals surface area contributed by atoms with E-state index in [2.05, 4.69) is 6.58 Å². The smallest absolute Gasteiger partial charge is 0.236 e. The summed E-state index contributed by atoms with van der Waals surface area (Å²) in [7, 11) is 1.55. The van der Waals surface area contributed by atoms with E-state index in [1.165, 1.54) is 4.90 Å². The van der Waals surface area contributed by atoms with E-state index in [1.54, 1.807) is 13.1 Å². The van der Waals surface area contributed by atoms with Crippen LogP contribution in [0, 0.1) is 11.8 Å². The summed E-state index contributed by atoms with van der Waals surface area (Å²) in [5, 5.41) is 0. The molecule has 2 fully saturated rings. The topological polar surface area (TPSA) is 46.6 Å². The molecule has 0 aromatic carbocycles. The first kappa shape index (κ1) is 10.7. The highest BCUT2D eigenvalue weighted by molar-refractivity contribution is 6.06. The van der Waals surface area contributed by atoms with Crippen molar-refractivity contribution in [1.82, 2.24) is 4.90 Å². The third-order valence-electron chi connectivity index (χ3n) is 4.14. The number of carbonyl (C=O) groups excluding carboxylic acids is 2. The highest BCUT2D eigenvalue weighted by atomic mass is 16.5. The number of carbonyl (C=O) groups is 2. The summed E-state index contributed by atoms with van der Waals surface area (Å²) in [6.45, 7) is 3.71. The van der Waals surface area contributed by atoms with Gasteiger partial charge < -0.3 is 4.74 Å². The first-order valence-corrected chi connectivity index (χ1v) is 5.90. The zero-order valence-corrected chi connectivity index (χ0v) is 9.76. The molecule has 1 spiro atoms. The van der Waals surface area contributed by atoms with Crippen LogP contribution in [0.4, 0.5) is 0 Å². The van der Waals surface area contributed by atoms with Gasteiger partial charge in [-0.15, -0.1) is 6.58 Å². The Balaban J connectivity index is 2.08. The summed E-state index contributed by atoms with van der Waals surface area (Å²) in [6, 6.07) is 0. The normalized spacial score (nSPS) is 43.8. The minimum Gasteiger partial charge on any atom is -0.362 e. The van der Waals surface area contributed by atoms with Gasteiger partial charge >= 0.3 is 0 Å². The van der Waals surface area contributed by atoms with E-state index in [0.29, 0.717) is 0 Å². The van der Waals surface area contributed by atoms with E-state index in [-0.39, 0.29) is 29.8 Å². The molecule has 0 radical (unpaired) electrons. The van der Waals surface area contributed by atoms with Gasteiger partial charge in [0.25, 0.3) is 0 Å². The molecule has 0 saturated carbocycles. The number of allylic oxidation sites excluding steroid dienone is 1. The summed E-state index contributed by atoms with van der Waals surface area (Å²) in [5.41, 5.74) is -0.568. The average Bonchev–Trinajstić information content (AvgIpc) is 2.97. The van der Waals surface area contributed by atoms with Gasteiger partial charge in [0.15, 0.2) is 0 Å². The van der Waals surface area contributed by atoms with Crippen molar-refractivity contribution in [3.05, 3.63) is 24.8 Å². The number of ether oxygens (including phenoxy) is 1. The van der Waals surface area contributed by atoms with Gasteiger partial charge in [0, 0.05) is 7.05 Å². The van der Waals surface area contributed by atoms with Gasteiger partial charge in [-0.1, -0.05) is 18.2 Å². The van der Waals surface area contributed by atoms with E-state index in [9.17, 15) is 9.59 Å². The lowest BCUT2D eigenvalue weighted by atomic mass is 9.80. The first-order valence-electron chi connectivity index (χ1n) is 5.90. The van der Waals surface area contributed by atoms with Crippen LogP contribution in [-0.2, 0) is 14.3 Å². The minimum absolute atomic E-state index is 0.115. The van der Waals surface area contributed by atoms with Gasteiger partial charge in [-0.25, -0.2) is 0 Å². The molecule has 2 aliphatic heterocycles. The maximum absolute atomic E-state index is 12.2. The molecule has 3 rings (SSSR count). The van der Waals surface area contributed by atoms with Crippen LogP contribution in [0.2, 0.25) is 0 Å². The Hall–Kier alpha value is -1.42. The Morgan fingerprint density at radius 2 is 2.29 bits per heavy atom. The molecule has 2 saturated heterocycles. The summed E-state index contributed by atoms with van der Waals surface area (Å²) in [4.78, 5) is 25.5. The second-order valence-electron chi connectivity index (χ2n) is 4.95. The fourth-order valence-corrected chi connectivity index (χ4v) is 3.31. The molecule has 17 heavy (non-hydrogen) atoms. The summed E-state index contributed by atoms with van der Waals surface area (Å²) in [6.07, 6.45) is 6.97. The van der Waals surface area contributed by atoms with Crippen LogP contribution >= 0.6 is 0 Å². The van der Waals surface area contributed by atoms with Crippen molar-refractivity contribution in [2.75, 3.05) is 7.05 Å². The number of fused-ring (bicyclic) bond motifs is 2. The van der Waals surface area contributed by atoms with E-state index in [1.807, 2.05) is 12.2 Å². The van der Waals surface area contributed by atoms with Gasteiger partial charge in [0.2, 0.25) is 11.8 Å². The molecule has 0 aromatic heterocycles. The highest BCUT2D eigenvalue weighted by Gasteiger charge is 2.64. The Bertz CT molecular complexity index is 442. The van der Waals surface area contributed by atoms with Crippen LogP contribution in [0.1, 0.15) is 12.8 Å². The van der Waals surface area contributed by atoms with Crippen molar-refractivity contribution >= 4 is 11.8 Å². The van der Waals surface area contributed by atoms with Gasteiger partial charge in [-0.05, 0) is 12.8 Å². The summed E-state index contributed by atoms with van der Waals surface area (Å²) < 4.78 is 5.94. The second kappa shape index (κ2) is 3.29.